The van der Waals surface area contributed by atoms with Crippen LogP contribution in [0.5, 0.6) is 0 Å². The highest BCUT2D eigenvalue weighted by Crippen LogP contribution is 2.14. The summed E-state index contributed by atoms with van der Waals surface area (Å²) in [6.45, 7) is 4.70. The SMILES string of the molecule is C1=C(CNCCC2CCCO2)COCC1. The van der Waals surface area contributed by atoms with E-state index in [0.717, 1.165) is 45.8 Å². The average molecular weight is 211 g/mol. The zero-order chi connectivity index (χ0) is 10.3. The van der Waals surface area contributed by atoms with E-state index in [4.69, 9.17) is 9.47 Å². The van der Waals surface area contributed by atoms with Crippen molar-refractivity contribution in [3.8, 4) is 0 Å². The molecule has 0 amide bonds. The molecule has 0 saturated carbocycles. The van der Waals surface area contributed by atoms with Crippen molar-refractivity contribution in [1.29, 1.82) is 0 Å². The first-order chi connectivity index (χ1) is 7.45. The molecule has 0 aromatic carbocycles. The van der Waals surface area contributed by atoms with Gasteiger partial charge in [0.15, 0.2) is 0 Å². The lowest BCUT2D eigenvalue weighted by Gasteiger charge is -2.15. The molecule has 1 saturated heterocycles. The summed E-state index contributed by atoms with van der Waals surface area (Å²) in [4.78, 5) is 0. The Morgan fingerprint density at radius 1 is 1.40 bits per heavy atom. The van der Waals surface area contributed by atoms with Gasteiger partial charge >= 0.3 is 0 Å². The summed E-state index contributed by atoms with van der Waals surface area (Å²) in [6.07, 6.45) is 7.51. The Kier molecular flexibility index (Phi) is 4.64. The van der Waals surface area contributed by atoms with Gasteiger partial charge in [0.25, 0.3) is 0 Å². The van der Waals surface area contributed by atoms with Gasteiger partial charge in [-0.25, -0.2) is 0 Å². The molecule has 2 aliphatic heterocycles. The predicted octanol–water partition coefficient (Wildman–Crippen LogP) is 1.49. The van der Waals surface area contributed by atoms with Crippen molar-refractivity contribution in [2.45, 2.75) is 31.8 Å². The van der Waals surface area contributed by atoms with Gasteiger partial charge < -0.3 is 14.8 Å². The first kappa shape index (κ1) is 11.1. The largest absolute Gasteiger partial charge is 0.378 e. The summed E-state index contributed by atoms with van der Waals surface area (Å²) in [6, 6.07) is 0. The van der Waals surface area contributed by atoms with Crippen molar-refractivity contribution in [2.75, 3.05) is 32.9 Å². The van der Waals surface area contributed by atoms with E-state index in [1.165, 1.54) is 18.4 Å². The minimum atomic E-state index is 0.508. The van der Waals surface area contributed by atoms with Gasteiger partial charge in [0, 0.05) is 13.2 Å². The van der Waals surface area contributed by atoms with Crippen LogP contribution in [0.1, 0.15) is 25.7 Å². The number of hydrogen-bond donors (Lipinski definition) is 1. The molecule has 1 atom stereocenters. The first-order valence-corrected chi connectivity index (χ1v) is 6.03. The van der Waals surface area contributed by atoms with E-state index in [2.05, 4.69) is 11.4 Å². The van der Waals surface area contributed by atoms with Crippen LogP contribution in [-0.4, -0.2) is 39.0 Å². The van der Waals surface area contributed by atoms with E-state index in [1.807, 2.05) is 0 Å². The van der Waals surface area contributed by atoms with Crippen molar-refractivity contribution in [3.05, 3.63) is 11.6 Å². The lowest BCUT2D eigenvalue weighted by Crippen LogP contribution is -2.24. The van der Waals surface area contributed by atoms with E-state index < -0.39 is 0 Å². The van der Waals surface area contributed by atoms with E-state index in [0.29, 0.717) is 6.10 Å². The van der Waals surface area contributed by atoms with Crippen molar-refractivity contribution < 1.29 is 9.47 Å². The smallest absolute Gasteiger partial charge is 0.0689 e. The fourth-order valence-electron chi connectivity index (χ4n) is 2.12. The second kappa shape index (κ2) is 6.26. The number of rotatable bonds is 5. The molecule has 0 spiro atoms. The number of hydrogen-bond acceptors (Lipinski definition) is 3. The van der Waals surface area contributed by atoms with Crippen molar-refractivity contribution in [1.82, 2.24) is 5.32 Å². The monoisotopic (exact) mass is 211 g/mol. The van der Waals surface area contributed by atoms with Crippen LogP contribution in [0, 0.1) is 0 Å². The zero-order valence-corrected chi connectivity index (χ0v) is 9.34. The Hall–Kier alpha value is -0.380. The van der Waals surface area contributed by atoms with Gasteiger partial charge in [-0.05, 0) is 37.8 Å². The van der Waals surface area contributed by atoms with Gasteiger partial charge in [-0.3, -0.25) is 0 Å². The van der Waals surface area contributed by atoms with Crippen LogP contribution >= 0.6 is 0 Å². The Balaban J connectivity index is 1.52. The van der Waals surface area contributed by atoms with Gasteiger partial charge in [-0.1, -0.05) is 6.08 Å². The van der Waals surface area contributed by atoms with Gasteiger partial charge in [0.05, 0.1) is 19.3 Å². The topological polar surface area (TPSA) is 30.5 Å². The molecule has 2 heterocycles. The Morgan fingerprint density at radius 2 is 2.40 bits per heavy atom. The Bertz CT molecular complexity index is 210. The second-order valence-electron chi connectivity index (χ2n) is 4.30. The molecule has 0 bridgehead atoms. The summed E-state index contributed by atoms with van der Waals surface area (Å²) >= 11 is 0. The molecular weight excluding hydrogens is 190 g/mol. The van der Waals surface area contributed by atoms with Gasteiger partial charge in [-0.15, -0.1) is 0 Å². The van der Waals surface area contributed by atoms with Crippen LogP contribution in [0.15, 0.2) is 11.6 Å². The van der Waals surface area contributed by atoms with Gasteiger partial charge in [-0.2, -0.15) is 0 Å². The molecule has 1 fully saturated rings. The molecule has 2 aliphatic rings. The molecule has 15 heavy (non-hydrogen) atoms. The second-order valence-corrected chi connectivity index (χ2v) is 4.30. The van der Waals surface area contributed by atoms with E-state index in [-0.39, 0.29) is 0 Å². The molecule has 86 valence electrons. The van der Waals surface area contributed by atoms with Crippen molar-refractivity contribution in [3.63, 3.8) is 0 Å². The normalized spacial score (nSPS) is 26.7. The van der Waals surface area contributed by atoms with Crippen LogP contribution in [0.25, 0.3) is 0 Å². The molecule has 3 nitrogen and oxygen atoms in total. The first-order valence-electron chi connectivity index (χ1n) is 6.03. The maximum atomic E-state index is 5.57. The van der Waals surface area contributed by atoms with E-state index in [9.17, 15) is 0 Å². The lowest BCUT2D eigenvalue weighted by atomic mass is 10.1. The van der Waals surface area contributed by atoms with E-state index >= 15 is 0 Å². The fraction of sp³-hybridized carbons (Fsp3) is 0.833. The number of ether oxygens (including phenoxy) is 2. The van der Waals surface area contributed by atoms with Crippen molar-refractivity contribution >= 4 is 0 Å². The average Bonchev–Trinajstić information content (AvgIpc) is 2.79. The lowest BCUT2D eigenvalue weighted by molar-refractivity contribution is 0.104. The van der Waals surface area contributed by atoms with Crippen LogP contribution in [0.2, 0.25) is 0 Å². The maximum Gasteiger partial charge on any atom is 0.0689 e. The molecule has 0 radical (unpaired) electrons. The highest BCUT2D eigenvalue weighted by atomic mass is 16.5. The standard InChI is InChI=1S/C12H21NO2/c1-3-11(10-14-7-1)9-13-6-5-12-4-2-8-15-12/h3,12-13H,1-2,4-10H2. The molecule has 0 aliphatic carbocycles. The van der Waals surface area contributed by atoms with Gasteiger partial charge in [0.1, 0.15) is 0 Å². The van der Waals surface area contributed by atoms with Crippen molar-refractivity contribution in [2.24, 2.45) is 0 Å². The quantitative estimate of drug-likeness (QED) is 0.552. The molecule has 1 N–H and O–H groups in total. The van der Waals surface area contributed by atoms with Crippen LogP contribution < -0.4 is 5.32 Å². The molecule has 0 aromatic heterocycles. The highest BCUT2D eigenvalue weighted by molar-refractivity contribution is 5.06. The predicted molar refractivity (Wildman–Crippen MR) is 60.0 cm³/mol. The third-order valence-corrected chi connectivity index (χ3v) is 3.00. The number of nitrogens with one attached hydrogen (secondary N) is 1. The summed E-state index contributed by atoms with van der Waals surface area (Å²) < 4.78 is 10.9. The van der Waals surface area contributed by atoms with Gasteiger partial charge in [0.2, 0.25) is 0 Å². The summed E-state index contributed by atoms with van der Waals surface area (Å²) in [5, 5.41) is 3.45. The maximum absolute atomic E-state index is 5.57. The molecule has 2 rings (SSSR count). The van der Waals surface area contributed by atoms with E-state index in [1.54, 1.807) is 0 Å². The zero-order valence-electron chi connectivity index (χ0n) is 9.34. The molecule has 3 heteroatoms. The van der Waals surface area contributed by atoms with Crippen LogP contribution in [0.4, 0.5) is 0 Å². The summed E-state index contributed by atoms with van der Waals surface area (Å²) in [7, 11) is 0. The molecular formula is C12H21NO2. The van der Waals surface area contributed by atoms with Crippen LogP contribution in [-0.2, 0) is 9.47 Å². The minimum absolute atomic E-state index is 0.508. The Labute approximate surface area is 91.8 Å². The highest BCUT2D eigenvalue weighted by Gasteiger charge is 2.14. The third-order valence-electron chi connectivity index (χ3n) is 3.00. The summed E-state index contributed by atoms with van der Waals surface area (Å²) in [5.74, 6) is 0. The minimum Gasteiger partial charge on any atom is -0.378 e. The molecule has 0 aromatic rings. The summed E-state index contributed by atoms with van der Waals surface area (Å²) in [5.41, 5.74) is 1.40. The molecule has 1 unspecified atom stereocenters. The van der Waals surface area contributed by atoms with Crippen LogP contribution in [0.3, 0.4) is 0 Å². The fourth-order valence-corrected chi connectivity index (χ4v) is 2.12. The Morgan fingerprint density at radius 3 is 3.13 bits per heavy atom. The third kappa shape index (κ3) is 3.93.